The molecule has 0 fully saturated rings. The number of esters is 1. The molecule has 4 rings (SSSR count). The summed E-state index contributed by atoms with van der Waals surface area (Å²) in [5.41, 5.74) is 3.82. The Balaban J connectivity index is 1.67. The summed E-state index contributed by atoms with van der Waals surface area (Å²) in [5, 5.41) is 2.22. The van der Waals surface area contributed by atoms with E-state index in [-0.39, 0.29) is 12.4 Å². The second kappa shape index (κ2) is 6.56. The highest BCUT2D eigenvalue weighted by atomic mass is 16.5. The Bertz CT molecular complexity index is 1100. The molecule has 0 atom stereocenters. The molecule has 1 aromatic heterocycles. The molecule has 0 unspecified atom stereocenters. The molecule has 130 valence electrons. The minimum Gasteiger partial charge on any atom is -0.497 e. The summed E-state index contributed by atoms with van der Waals surface area (Å²) in [4.78, 5) is 15.7. The van der Waals surface area contributed by atoms with Crippen molar-refractivity contribution in [1.82, 2.24) is 4.98 Å². The molecule has 0 aliphatic carbocycles. The van der Waals surface area contributed by atoms with Crippen molar-refractivity contribution in [3.05, 3.63) is 71.8 Å². The Morgan fingerprint density at radius 3 is 2.54 bits per heavy atom. The number of nitrogens with one attached hydrogen (secondary N) is 1. The molecule has 0 aliphatic rings. The number of benzene rings is 3. The Morgan fingerprint density at radius 1 is 1.00 bits per heavy atom. The molecule has 0 bridgehead atoms. The van der Waals surface area contributed by atoms with Gasteiger partial charge in [-0.05, 0) is 36.8 Å². The minimum absolute atomic E-state index is 0.252. The molecule has 4 aromatic rings. The van der Waals surface area contributed by atoms with Gasteiger partial charge in [-0.1, -0.05) is 30.3 Å². The molecule has 0 saturated heterocycles. The smallest absolute Gasteiger partial charge is 0.315 e. The van der Waals surface area contributed by atoms with E-state index in [0.717, 1.165) is 38.7 Å². The minimum atomic E-state index is -0.267. The van der Waals surface area contributed by atoms with Gasteiger partial charge in [-0.25, -0.2) is 0 Å². The summed E-state index contributed by atoms with van der Waals surface area (Å²) in [6.07, 6.45) is 0.252. The summed E-state index contributed by atoms with van der Waals surface area (Å²) in [5.74, 6) is 1.12. The molecule has 4 nitrogen and oxygen atoms in total. The number of carbonyl (C=O) groups excluding carboxylic acids is 1. The molecule has 1 heterocycles. The maximum atomic E-state index is 12.3. The van der Waals surface area contributed by atoms with E-state index in [4.69, 9.17) is 9.47 Å². The van der Waals surface area contributed by atoms with Crippen molar-refractivity contribution in [3.8, 4) is 11.5 Å². The summed E-state index contributed by atoms with van der Waals surface area (Å²) < 4.78 is 10.9. The van der Waals surface area contributed by atoms with E-state index in [1.54, 1.807) is 7.11 Å². The van der Waals surface area contributed by atoms with Crippen molar-refractivity contribution in [2.75, 3.05) is 7.11 Å². The van der Waals surface area contributed by atoms with Gasteiger partial charge in [-0.2, -0.15) is 0 Å². The lowest BCUT2D eigenvalue weighted by Gasteiger charge is -2.08. The zero-order valence-electron chi connectivity index (χ0n) is 14.7. The number of aromatic nitrogens is 1. The highest BCUT2D eigenvalue weighted by molar-refractivity contribution is 6.09. The molecule has 1 N–H and O–H groups in total. The van der Waals surface area contributed by atoms with Crippen LogP contribution in [0.5, 0.6) is 11.5 Å². The van der Waals surface area contributed by atoms with Crippen LogP contribution in [0.2, 0.25) is 0 Å². The van der Waals surface area contributed by atoms with Crippen LogP contribution in [-0.4, -0.2) is 18.1 Å². The van der Waals surface area contributed by atoms with Gasteiger partial charge in [-0.15, -0.1) is 0 Å². The van der Waals surface area contributed by atoms with Crippen LogP contribution in [-0.2, 0) is 11.2 Å². The summed E-state index contributed by atoms with van der Waals surface area (Å²) in [6.45, 7) is 1.96. The molecular formula is C22H19NO3. The first kappa shape index (κ1) is 16.2. The quantitative estimate of drug-likeness (QED) is 0.427. The zero-order valence-corrected chi connectivity index (χ0v) is 14.7. The maximum Gasteiger partial charge on any atom is 0.315 e. The second-order valence-electron chi connectivity index (χ2n) is 6.28. The predicted molar refractivity (Wildman–Crippen MR) is 103 cm³/mol. The molecule has 0 spiro atoms. The van der Waals surface area contributed by atoms with E-state index < -0.39 is 0 Å². The lowest BCUT2D eigenvalue weighted by Crippen LogP contribution is -2.11. The fourth-order valence-corrected chi connectivity index (χ4v) is 3.23. The molecule has 0 saturated carbocycles. The van der Waals surface area contributed by atoms with Crippen molar-refractivity contribution in [2.24, 2.45) is 0 Å². The average molecular weight is 345 g/mol. The molecular weight excluding hydrogens is 326 g/mol. The van der Waals surface area contributed by atoms with Crippen molar-refractivity contribution in [3.63, 3.8) is 0 Å². The van der Waals surface area contributed by atoms with Gasteiger partial charge in [0.25, 0.3) is 0 Å². The average Bonchev–Trinajstić information content (AvgIpc) is 3.03. The molecule has 4 heteroatoms. The molecule has 26 heavy (non-hydrogen) atoms. The highest BCUT2D eigenvalue weighted by Crippen LogP contribution is 2.33. The lowest BCUT2D eigenvalue weighted by atomic mass is 10.1. The zero-order chi connectivity index (χ0) is 18.1. The fourth-order valence-electron chi connectivity index (χ4n) is 3.23. The number of rotatable bonds is 4. The van der Waals surface area contributed by atoms with Crippen LogP contribution in [0.3, 0.4) is 0 Å². The van der Waals surface area contributed by atoms with E-state index in [0.29, 0.717) is 5.75 Å². The van der Waals surface area contributed by atoms with Crippen LogP contribution >= 0.6 is 0 Å². The summed E-state index contributed by atoms with van der Waals surface area (Å²) in [6, 6.07) is 19.4. The van der Waals surface area contributed by atoms with Crippen LogP contribution in [0.15, 0.2) is 60.7 Å². The third-order valence-electron chi connectivity index (χ3n) is 4.61. The Hall–Kier alpha value is -3.27. The number of methoxy groups -OCH3 is 1. The molecule has 3 aromatic carbocycles. The first-order valence-corrected chi connectivity index (χ1v) is 8.49. The fraction of sp³-hybridized carbons (Fsp3) is 0.136. The molecule has 0 aliphatic heterocycles. The van der Waals surface area contributed by atoms with Crippen LogP contribution in [0.4, 0.5) is 0 Å². The normalized spacial score (nSPS) is 11.0. The third-order valence-corrected chi connectivity index (χ3v) is 4.61. The lowest BCUT2D eigenvalue weighted by molar-refractivity contribution is -0.133. The first-order chi connectivity index (χ1) is 12.7. The maximum absolute atomic E-state index is 12.3. The number of H-pyrrole nitrogens is 1. The largest absolute Gasteiger partial charge is 0.497 e. The number of carbonyl (C=O) groups is 1. The van der Waals surface area contributed by atoms with Gasteiger partial charge in [-0.3, -0.25) is 4.79 Å². The van der Waals surface area contributed by atoms with Crippen LogP contribution in [0.1, 0.15) is 11.1 Å². The van der Waals surface area contributed by atoms with Crippen molar-refractivity contribution >= 4 is 27.8 Å². The number of ether oxygens (including phenoxy) is 2. The predicted octanol–water partition coefficient (Wildman–Crippen LogP) is 4.79. The Kier molecular flexibility index (Phi) is 4.09. The van der Waals surface area contributed by atoms with E-state index in [9.17, 15) is 4.79 Å². The topological polar surface area (TPSA) is 51.3 Å². The Labute approximate surface area is 151 Å². The SMILES string of the molecule is COc1ccc2c(c1)[nH]c1c(C)c(OC(=O)Cc3ccccc3)ccc12. The van der Waals surface area contributed by atoms with Gasteiger partial charge in [0.05, 0.1) is 24.6 Å². The number of hydrogen-bond donors (Lipinski definition) is 1. The van der Waals surface area contributed by atoms with Gasteiger partial charge >= 0.3 is 5.97 Å². The van der Waals surface area contributed by atoms with Gasteiger partial charge in [0.15, 0.2) is 0 Å². The van der Waals surface area contributed by atoms with E-state index in [2.05, 4.69) is 4.98 Å². The van der Waals surface area contributed by atoms with Crippen molar-refractivity contribution in [2.45, 2.75) is 13.3 Å². The van der Waals surface area contributed by atoms with Gasteiger partial charge in [0.1, 0.15) is 11.5 Å². The van der Waals surface area contributed by atoms with E-state index in [1.165, 1.54) is 0 Å². The van der Waals surface area contributed by atoms with Crippen molar-refractivity contribution in [1.29, 1.82) is 0 Å². The Morgan fingerprint density at radius 2 is 1.77 bits per heavy atom. The highest BCUT2D eigenvalue weighted by Gasteiger charge is 2.14. The monoisotopic (exact) mass is 345 g/mol. The standard InChI is InChI=1S/C22H19NO3/c1-14-20(26-21(24)12-15-6-4-3-5-7-15)11-10-18-17-9-8-16(25-2)13-19(17)23-22(14)18/h3-11,13,23H,12H2,1-2H3. The summed E-state index contributed by atoms with van der Waals surface area (Å²) in [7, 11) is 1.65. The van der Waals surface area contributed by atoms with E-state index in [1.807, 2.05) is 67.6 Å². The van der Waals surface area contributed by atoms with Crippen LogP contribution in [0, 0.1) is 6.92 Å². The van der Waals surface area contributed by atoms with Gasteiger partial charge in [0, 0.05) is 22.4 Å². The number of aromatic amines is 1. The third kappa shape index (κ3) is 2.90. The second-order valence-corrected chi connectivity index (χ2v) is 6.28. The first-order valence-electron chi connectivity index (χ1n) is 8.49. The van der Waals surface area contributed by atoms with E-state index >= 15 is 0 Å². The van der Waals surface area contributed by atoms with Crippen LogP contribution < -0.4 is 9.47 Å². The van der Waals surface area contributed by atoms with Crippen molar-refractivity contribution < 1.29 is 14.3 Å². The molecule has 0 radical (unpaired) electrons. The summed E-state index contributed by atoms with van der Waals surface area (Å²) >= 11 is 0. The van der Waals surface area contributed by atoms with Gasteiger partial charge in [0.2, 0.25) is 0 Å². The number of fused-ring (bicyclic) bond motifs is 3. The van der Waals surface area contributed by atoms with Crippen LogP contribution in [0.25, 0.3) is 21.8 Å². The number of aryl methyl sites for hydroxylation is 1. The van der Waals surface area contributed by atoms with Gasteiger partial charge < -0.3 is 14.5 Å². The number of hydrogen-bond acceptors (Lipinski definition) is 3. The molecule has 0 amide bonds.